The Kier molecular flexibility index (Phi) is 2.14. The minimum atomic E-state index is -3.61. The van der Waals surface area contributed by atoms with Gasteiger partial charge in [0, 0.05) is 5.56 Å². The fourth-order valence-corrected chi connectivity index (χ4v) is 3.59. The summed E-state index contributed by atoms with van der Waals surface area (Å²) in [6.45, 7) is 0. The Hall–Kier alpha value is -2.47. The van der Waals surface area contributed by atoms with Gasteiger partial charge in [-0.1, -0.05) is 24.3 Å². The van der Waals surface area contributed by atoms with Gasteiger partial charge in [-0.05, 0) is 24.3 Å². The molecule has 1 aliphatic rings. The zero-order chi connectivity index (χ0) is 13.7. The van der Waals surface area contributed by atoms with Crippen LogP contribution in [0, 0.1) is 0 Å². The van der Waals surface area contributed by atoms with Crippen molar-refractivity contribution in [3.05, 3.63) is 60.4 Å². The molecule has 98 valence electrons. The summed E-state index contributed by atoms with van der Waals surface area (Å²) in [6.07, 6.45) is 1.60. The molecule has 0 N–H and O–H groups in total. The smallest absolute Gasteiger partial charge is 0.282 e. The van der Waals surface area contributed by atoms with Crippen molar-refractivity contribution in [2.75, 3.05) is 0 Å². The lowest BCUT2D eigenvalue weighted by atomic mass is 10.2. The number of hydrogen-bond acceptors (Lipinski definition) is 3. The van der Waals surface area contributed by atoms with Crippen molar-refractivity contribution < 1.29 is 8.42 Å². The van der Waals surface area contributed by atoms with Gasteiger partial charge in [0.05, 0.1) is 11.0 Å². The number of sulfonamides is 1. The van der Waals surface area contributed by atoms with Gasteiger partial charge in [-0.2, -0.15) is 8.42 Å². The summed E-state index contributed by atoms with van der Waals surface area (Å²) < 4.78 is 29.7. The third kappa shape index (κ3) is 1.45. The minimum Gasteiger partial charge on any atom is -0.282 e. The van der Waals surface area contributed by atoms with Gasteiger partial charge in [-0.15, -0.1) is 4.40 Å². The highest BCUT2D eigenvalue weighted by Crippen LogP contribution is 2.28. The highest BCUT2D eigenvalue weighted by atomic mass is 32.2. The molecule has 0 bridgehead atoms. The molecule has 0 aliphatic carbocycles. The Morgan fingerprint density at radius 1 is 0.950 bits per heavy atom. The van der Waals surface area contributed by atoms with Crippen LogP contribution in [0.25, 0.3) is 11.0 Å². The number of rotatable bonds is 0. The van der Waals surface area contributed by atoms with E-state index in [0.717, 1.165) is 11.0 Å². The van der Waals surface area contributed by atoms with Gasteiger partial charge in [-0.3, -0.25) is 4.57 Å². The van der Waals surface area contributed by atoms with E-state index in [0.29, 0.717) is 11.4 Å². The van der Waals surface area contributed by atoms with E-state index in [1.165, 1.54) is 0 Å². The second-order valence-corrected chi connectivity index (χ2v) is 6.06. The van der Waals surface area contributed by atoms with Gasteiger partial charge in [0.15, 0.2) is 5.84 Å². The SMILES string of the molecule is O=S1(=O)N=C(n2cnc3ccccc32)c2ccccc21. The van der Waals surface area contributed by atoms with E-state index >= 15 is 0 Å². The zero-order valence-electron chi connectivity index (χ0n) is 10.3. The molecule has 4 rings (SSSR count). The first-order valence-electron chi connectivity index (χ1n) is 6.04. The predicted octanol–water partition coefficient (Wildman–Crippen LogP) is 2.03. The highest BCUT2D eigenvalue weighted by Gasteiger charge is 2.29. The molecule has 5 nitrogen and oxygen atoms in total. The number of imidazole rings is 1. The Morgan fingerprint density at radius 3 is 2.60 bits per heavy atom. The molecule has 0 unspecified atom stereocenters. The Balaban J connectivity index is 2.05. The largest absolute Gasteiger partial charge is 0.285 e. The highest BCUT2D eigenvalue weighted by molar-refractivity contribution is 7.90. The summed E-state index contributed by atoms with van der Waals surface area (Å²) in [5, 5.41) is 0. The Morgan fingerprint density at radius 2 is 1.70 bits per heavy atom. The molecule has 20 heavy (non-hydrogen) atoms. The van der Waals surface area contributed by atoms with Crippen LogP contribution in [0.3, 0.4) is 0 Å². The molecule has 2 heterocycles. The van der Waals surface area contributed by atoms with Crippen molar-refractivity contribution >= 4 is 26.9 Å². The molecule has 0 saturated heterocycles. The van der Waals surface area contributed by atoms with Crippen LogP contribution in [0.1, 0.15) is 5.56 Å². The average molecular weight is 283 g/mol. The number of para-hydroxylation sites is 2. The summed E-state index contributed by atoms with van der Waals surface area (Å²) in [5.74, 6) is 0.398. The van der Waals surface area contributed by atoms with E-state index in [-0.39, 0.29) is 4.90 Å². The van der Waals surface area contributed by atoms with Crippen LogP contribution in [0.15, 0.2) is 64.2 Å². The molecular formula is C14H9N3O2S. The van der Waals surface area contributed by atoms with E-state index < -0.39 is 10.0 Å². The maximum atomic E-state index is 12.1. The summed E-state index contributed by atoms with van der Waals surface area (Å²) in [5.41, 5.74) is 2.24. The van der Waals surface area contributed by atoms with E-state index in [2.05, 4.69) is 9.38 Å². The first-order valence-corrected chi connectivity index (χ1v) is 7.48. The standard InChI is InChI=1S/C14H9N3O2S/c18-20(19)13-8-4-1-5-10(13)14(16-20)17-9-15-11-6-2-3-7-12(11)17/h1-9H. The van der Waals surface area contributed by atoms with Crippen LogP contribution in [-0.2, 0) is 10.0 Å². The summed E-state index contributed by atoms with van der Waals surface area (Å²) in [4.78, 5) is 4.51. The van der Waals surface area contributed by atoms with Gasteiger partial charge in [0.2, 0.25) is 0 Å². The van der Waals surface area contributed by atoms with E-state index in [9.17, 15) is 8.42 Å². The van der Waals surface area contributed by atoms with Crippen molar-refractivity contribution in [2.45, 2.75) is 4.90 Å². The van der Waals surface area contributed by atoms with E-state index in [1.54, 1.807) is 35.2 Å². The third-order valence-corrected chi connectivity index (χ3v) is 4.62. The molecule has 0 amide bonds. The number of aromatic nitrogens is 2. The lowest BCUT2D eigenvalue weighted by Crippen LogP contribution is -2.09. The third-order valence-electron chi connectivity index (χ3n) is 3.29. The molecule has 0 fully saturated rings. The van der Waals surface area contributed by atoms with Crippen molar-refractivity contribution in [1.29, 1.82) is 0 Å². The summed E-state index contributed by atoms with van der Waals surface area (Å²) in [7, 11) is -3.61. The van der Waals surface area contributed by atoms with Crippen LogP contribution in [0.2, 0.25) is 0 Å². The first kappa shape index (κ1) is 11.4. The van der Waals surface area contributed by atoms with Crippen LogP contribution in [-0.4, -0.2) is 23.8 Å². The van der Waals surface area contributed by atoms with Gasteiger partial charge in [0.1, 0.15) is 11.2 Å². The predicted molar refractivity (Wildman–Crippen MR) is 75.3 cm³/mol. The summed E-state index contributed by atoms with van der Waals surface area (Å²) in [6, 6.07) is 14.4. The van der Waals surface area contributed by atoms with Crippen molar-refractivity contribution in [3.8, 4) is 0 Å². The molecule has 0 atom stereocenters. The van der Waals surface area contributed by atoms with Crippen LogP contribution < -0.4 is 0 Å². The Labute approximate surface area is 115 Å². The van der Waals surface area contributed by atoms with Crippen LogP contribution >= 0.6 is 0 Å². The molecule has 2 aromatic carbocycles. The quantitative estimate of drug-likeness (QED) is 0.634. The topological polar surface area (TPSA) is 64.3 Å². The van der Waals surface area contributed by atoms with Crippen molar-refractivity contribution in [2.24, 2.45) is 4.40 Å². The molecule has 3 aromatic rings. The molecule has 1 aromatic heterocycles. The Bertz CT molecular complexity index is 971. The maximum absolute atomic E-state index is 12.1. The second-order valence-electron chi connectivity index (χ2n) is 4.49. The number of nitrogens with zero attached hydrogens (tertiary/aromatic N) is 3. The van der Waals surface area contributed by atoms with Gasteiger partial charge in [0.25, 0.3) is 10.0 Å². The first-order chi connectivity index (χ1) is 9.67. The van der Waals surface area contributed by atoms with Gasteiger partial charge < -0.3 is 0 Å². The van der Waals surface area contributed by atoms with Crippen LogP contribution in [0.4, 0.5) is 0 Å². The number of fused-ring (bicyclic) bond motifs is 2. The monoisotopic (exact) mass is 283 g/mol. The van der Waals surface area contributed by atoms with Crippen LogP contribution in [0.5, 0.6) is 0 Å². The zero-order valence-corrected chi connectivity index (χ0v) is 11.1. The maximum Gasteiger partial charge on any atom is 0.285 e. The van der Waals surface area contributed by atoms with Gasteiger partial charge >= 0.3 is 0 Å². The second kappa shape index (κ2) is 3.77. The fraction of sp³-hybridized carbons (Fsp3) is 0. The molecule has 0 saturated carbocycles. The molecular weight excluding hydrogens is 274 g/mol. The summed E-state index contributed by atoms with van der Waals surface area (Å²) >= 11 is 0. The lowest BCUT2D eigenvalue weighted by molar-refractivity contribution is 0.599. The number of benzene rings is 2. The minimum absolute atomic E-state index is 0.243. The lowest BCUT2D eigenvalue weighted by Gasteiger charge is -2.03. The average Bonchev–Trinajstić information content (AvgIpc) is 2.99. The normalized spacial score (nSPS) is 16.1. The molecule has 1 aliphatic heterocycles. The van der Waals surface area contributed by atoms with E-state index in [1.807, 2.05) is 24.3 Å². The molecule has 6 heteroatoms. The van der Waals surface area contributed by atoms with E-state index in [4.69, 9.17) is 0 Å². The van der Waals surface area contributed by atoms with Crippen molar-refractivity contribution in [1.82, 2.24) is 9.55 Å². The fourth-order valence-electron chi connectivity index (χ4n) is 2.39. The molecule has 0 spiro atoms. The van der Waals surface area contributed by atoms with Crippen molar-refractivity contribution in [3.63, 3.8) is 0 Å². The number of hydrogen-bond donors (Lipinski definition) is 0. The van der Waals surface area contributed by atoms with Gasteiger partial charge in [-0.25, -0.2) is 4.98 Å². The molecule has 0 radical (unpaired) electrons.